The van der Waals surface area contributed by atoms with Crippen molar-refractivity contribution in [3.05, 3.63) is 11.6 Å². The fourth-order valence-electron chi connectivity index (χ4n) is 2.79. The first-order valence-corrected chi connectivity index (χ1v) is 4.97. The van der Waals surface area contributed by atoms with Gasteiger partial charge in [0.25, 0.3) is 0 Å². The molecule has 66 valence electrons. The molecule has 0 aromatic rings. The van der Waals surface area contributed by atoms with Gasteiger partial charge in [-0.2, -0.15) is 0 Å². The molecular weight excluding hydrogens is 148 g/mol. The van der Waals surface area contributed by atoms with Crippen LogP contribution < -0.4 is 0 Å². The van der Waals surface area contributed by atoms with Crippen LogP contribution in [0.25, 0.3) is 0 Å². The van der Waals surface area contributed by atoms with Crippen molar-refractivity contribution in [3.63, 3.8) is 0 Å². The van der Waals surface area contributed by atoms with E-state index >= 15 is 0 Å². The smallest absolute Gasteiger partial charge is 0.136 e. The Kier molecular flexibility index (Phi) is 1.82. The van der Waals surface area contributed by atoms with E-state index in [1.165, 1.54) is 5.57 Å². The number of hydrogen-bond donors (Lipinski definition) is 0. The molecule has 2 saturated carbocycles. The first kappa shape index (κ1) is 8.03. The van der Waals surface area contributed by atoms with Crippen molar-refractivity contribution in [1.82, 2.24) is 0 Å². The van der Waals surface area contributed by atoms with Crippen LogP contribution in [0.3, 0.4) is 0 Å². The van der Waals surface area contributed by atoms with Gasteiger partial charge in [0.2, 0.25) is 0 Å². The van der Waals surface area contributed by atoms with Crippen molar-refractivity contribution in [1.29, 1.82) is 0 Å². The maximum absolute atomic E-state index is 11.3. The minimum atomic E-state index is 0.441. The van der Waals surface area contributed by atoms with Gasteiger partial charge in [-0.15, -0.1) is 0 Å². The lowest BCUT2D eigenvalue weighted by Crippen LogP contribution is -2.01. The van der Waals surface area contributed by atoms with Gasteiger partial charge in [0, 0.05) is 12.3 Å². The van der Waals surface area contributed by atoms with Crippen LogP contribution in [0.15, 0.2) is 11.6 Å². The largest absolute Gasteiger partial charge is 0.299 e. The highest BCUT2D eigenvalue weighted by molar-refractivity contribution is 5.87. The number of fused-ring (bicyclic) bond motifs is 1. The SMILES string of the molecule is C/C=C(\CC)C1[C@H]2C(=O)CC[C@@H]12. The quantitative estimate of drug-likeness (QED) is 0.573. The van der Waals surface area contributed by atoms with Gasteiger partial charge in [-0.3, -0.25) is 4.79 Å². The van der Waals surface area contributed by atoms with Crippen LogP contribution in [0.4, 0.5) is 0 Å². The zero-order valence-electron chi connectivity index (χ0n) is 7.84. The van der Waals surface area contributed by atoms with E-state index in [4.69, 9.17) is 0 Å². The van der Waals surface area contributed by atoms with Crippen LogP contribution in [-0.4, -0.2) is 5.78 Å². The third kappa shape index (κ3) is 0.954. The number of rotatable bonds is 2. The molecule has 0 amide bonds. The number of hydrogen-bond acceptors (Lipinski definition) is 1. The topological polar surface area (TPSA) is 17.1 Å². The van der Waals surface area contributed by atoms with Crippen molar-refractivity contribution in [2.24, 2.45) is 17.8 Å². The highest BCUT2D eigenvalue weighted by Gasteiger charge is 2.58. The average molecular weight is 164 g/mol. The van der Waals surface area contributed by atoms with E-state index in [9.17, 15) is 4.79 Å². The van der Waals surface area contributed by atoms with E-state index in [1.807, 2.05) is 0 Å². The second-order valence-electron chi connectivity index (χ2n) is 3.94. The number of allylic oxidation sites excluding steroid dienone is 2. The molecule has 2 aliphatic rings. The van der Waals surface area contributed by atoms with E-state index in [2.05, 4.69) is 19.9 Å². The van der Waals surface area contributed by atoms with Crippen LogP contribution in [0, 0.1) is 17.8 Å². The van der Waals surface area contributed by atoms with E-state index in [0.717, 1.165) is 25.2 Å². The van der Waals surface area contributed by atoms with E-state index < -0.39 is 0 Å². The fraction of sp³-hybridized carbons (Fsp3) is 0.727. The normalized spacial score (nSPS) is 40.0. The zero-order chi connectivity index (χ0) is 8.72. The Morgan fingerprint density at radius 1 is 1.67 bits per heavy atom. The van der Waals surface area contributed by atoms with Gasteiger partial charge in [0.05, 0.1) is 0 Å². The van der Waals surface area contributed by atoms with Gasteiger partial charge in [0.15, 0.2) is 0 Å². The first-order valence-electron chi connectivity index (χ1n) is 4.97. The number of carbonyl (C=O) groups is 1. The molecule has 0 bridgehead atoms. The minimum Gasteiger partial charge on any atom is -0.299 e. The van der Waals surface area contributed by atoms with Crippen LogP contribution in [-0.2, 0) is 4.79 Å². The Morgan fingerprint density at radius 3 is 2.83 bits per heavy atom. The molecule has 0 saturated heterocycles. The summed E-state index contributed by atoms with van der Waals surface area (Å²) >= 11 is 0. The predicted molar refractivity (Wildman–Crippen MR) is 48.8 cm³/mol. The molecule has 2 aliphatic carbocycles. The summed E-state index contributed by atoms with van der Waals surface area (Å²) in [6.07, 6.45) is 5.34. The van der Waals surface area contributed by atoms with E-state index in [-0.39, 0.29) is 0 Å². The van der Waals surface area contributed by atoms with Gasteiger partial charge in [-0.1, -0.05) is 18.6 Å². The van der Waals surface area contributed by atoms with Crippen LogP contribution >= 0.6 is 0 Å². The number of Topliss-reactive ketones (excluding diaryl/α,β-unsaturated/α-hetero) is 1. The molecule has 0 radical (unpaired) electrons. The molecular formula is C11H16O. The molecule has 2 rings (SSSR count). The monoisotopic (exact) mass is 164 g/mol. The van der Waals surface area contributed by atoms with Crippen molar-refractivity contribution >= 4 is 5.78 Å². The third-order valence-electron chi connectivity index (χ3n) is 3.47. The molecule has 0 spiro atoms. The van der Waals surface area contributed by atoms with Crippen LogP contribution in [0.1, 0.15) is 33.1 Å². The summed E-state index contributed by atoms with van der Waals surface area (Å²) in [7, 11) is 0. The minimum absolute atomic E-state index is 0.441. The van der Waals surface area contributed by atoms with Gasteiger partial charge < -0.3 is 0 Å². The Morgan fingerprint density at radius 2 is 2.42 bits per heavy atom. The molecule has 1 unspecified atom stereocenters. The fourth-order valence-corrected chi connectivity index (χ4v) is 2.79. The van der Waals surface area contributed by atoms with Gasteiger partial charge in [0.1, 0.15) is 5.78 Å². The zero-order valence-corrected chi connectivity index (χ0v) is 7.84. The molecule has 12 heavy (non-hydrogen) atoms. The van der Waals surface area contributed by atoms with E-state index in [1.54, 1.807) is 0 Å². The van der Waals surface area contributed by atoms with Crippen molar-refractivity contribution in [2.45, 2.75) is 33.1 Å². The Bertz CT molecular complexity index is 239. The van der Waals surface area contributed by atoms with Crippen LogP contribution in [0.2, 0.25) is 0 Å². The second-order valence-corrected chi connectivity index (χ2v) is 3.94. The summed E-state index contributed by atoms with van der Waals surface area (Å²) in [4.78, 5) is 11.3. The maximum Gasteiger partial charge on any atom is 0.136 e. The maximum atomic E-state index is 11.3. The highest BCUT2D eigenvalue weighted by Crippen LogP contribution is 2.59. The van der Waals surface area contributed by atoms with Crippen molar-refractivity contribution < 1.29 is 4.79 Å². The first-order chi connectivity index (χ1) is 5.79. The van der Waals surface area contributed by atoms with Crippen molar-refractivity contribution in [2.75, 3.05) is 0 Å². The Balaban J connectivity index is 2.07. The summed E-state index contributed by atoms with van der Waals surface area (Å²) in [5.74, 6) is 2.36. The molecule has 0 aromatic carbocycles. The van der Waals surface area contributed by atoms with Crippen molar-refractivity contribution in [3.8, 4) is 0 Å². The summed E-state index contributed by atoms with van der Waals surface area (Å²) in [6.45, 7) is 4.28. The van der Waals surface area contributed by atoms with Crippen LogP contribution in [0.5, 0.6) is 0 Å². The lowest BCUT2D eigenvalue weighted by atomic mass is 10.0. The predicted octanol–water partition coefficient (Wildman–Crippen LogP) is 2.57. The Labute approximate surface area is 73.8 Å². The molecule has 0 aromatic heterocycles. The summed E-state index contributed by atoms with van der Waals surface area (Å²) in [5.41, 5.74) is 1.51. The van der Waals surface area contributed by atoms with Gasteiger partial charge >= 0.3 is 0 Å². The van der Waals surface area contributed by atoms with Gasteiger partial charge in [-0.25, -0.2) is 0 Å². The standard InChI is InChI=1S/C11H16O/c1-3-7(4-2)10-8-5-6-9(12)11(8)10/h3,8,10-11H,4-6H2,1-2H3/b7-3+/t8-,10?,11+/m0/s1. The molecule has 0 aliphatic heterocycles. The van der Waals surface area contributed by atoms with Gasteiger partial charge in [-0.05, 0) is 31.6 Å². The number of ketones is 1. The molecule has 2 fully saturated rings. The second kappa shape index (κ2) is 2.72. The summed E-state index contributed by atoms with van der Waals surface area (Å²) < 4.78 is 0. The molecule has 0 N–H and O–H groups in total. The average Bonchev–Trinajstić information content (AvgIpc) is 2.66. The number of carbonyl (C=O) groups excluding carboxylic acids is 1. The lowest BCUT2D eigenvalue weighted by Gasteiger charge is -2.04. The molecule has 1 nitrogen and oxygen atoms in total. The molecule has 1 heteroatoms. The van der Waals surface area contributed by atoms with E-state index in [0.29, 0.717) is 17.6 Å². The summed E-state index contributed by atoms with van der Waals surface area (Å²) in [5, 5.41) is 0. The Hall–Kier alpha value is -0.590. The molecule has 0 heterocycles. The third-order valence-corrected chi connectivity index (χ3v) is 3.47. The highest BCUT2D eigenvalue weighted by atomic mass is 16.1. The summed E-state index contributed by atoms with van der Waals surface area (Å²) in [6, 6.07) is 0. The molecule has 3 atom stereocenters. The lowest BCUT2D eigenvalue weighted by molar-refractivity contribution is -0.119.